The molecule has 0 N–H and O–H groups in total. The first kappa shape index (κ1) is 17.6. The van der Waals surface area contributed by atoms with E-state index in [0.717, 1.165) is 4.88 Å². The lowest BCUT2D eigenvalue weighted by Gasteiger charge is -2.21. The van der Waals surface area contributed by atoms with E-state index < -0.39 is 0 Å². The summed E-state index contributed by atoms with van der Waals surface area (Å²) in [4.78, 5) is 15.7. The average molecular weight is 354 g/mol. The van der Waals surface area contributed by atoms with Crippen LogP contribution in [-0.2, 0) is 6.54 Å². The van der Waals surface area contributed by atoms with E-state index in [1.807, 2.05) is 31.4 Å². The molecule has 0 fully saturated rings. The average Bonchev–Trinajstić information content (AvgIpc) is 3.06. The van der Waals surface area contributed by atoms with Gasteiger partial charge in [0.25, 0.3) is 5.91 Å². The molecular weight excluding hydrogens is 334 g/mol. The molecule has 0 aliphatic rings. The molecule has 23 heavy (non-hydrogen) atoms. The molecule has 0 saturated heterocycles. The van der Waals surface area contributed by atoms with Crippen molar-refractivity contribution >= 4 is 28.8 Å². The lowest BCUT2D eigenvalue weighted by molar-refractivity contribution is 0.0753. The van der Waals surface area contributed by atoms with Gasteiger partial charge in [-0.25, -0.2) is 0 Å². The number of carbonyl (C=O) groups excluding carboxylic acids is 1. The second-order valence-corrected chi connectivity index (χ2v) is 6.26. The number of thiophene rings is 1. The van der Waals surface area contributed by atoms with Crippen molar-refractivity contribution in [1.29, 1.82) is 0 Å². The number of hydrogen-bond acceptors (Lipinski definition) is 4. The van der Waals surface area contributed by atoms with Crippen LogP contribution in [0.15, 0.2) is 29.6 Å². The first-order chi connectivity index (χ1) is 11.1. The highest BCUT2D eigenvalue weighted by atomic mass is 35.5. The lowest BCUT2D eigenvalue weighted by atomic mass is 10.1. The monoisotopic (exact) mass is 353 g/mol. The fourth-order valence-electron chi connectivity index (χ4n) is 2.23. The number of amides is 1. The number of hydrogen-bond donors (Lipinski definition) is 0. The van der Waals surface area contributed by atoms with E-state index in [0.29, 0.717) is 41.8 Å². The minimum atomic E-state index is -0.0795. The third-order valence-corrected chi connectivity index (χ3v) is 4.50. The number of nitrogens with zero attached hydrogens (tertiary/aromatic N) is 1. The Kier molecular flexibility index (Phi) is 6.30. The third kappa shape index (κ3) is 4.18. The first-order valence-electron chi connectivity index (χ1n) is 7.42. The number of benzene rings is 1. The molecule has 124 valence electrons. The smallest absolute Gasteiger partial charge is 0.254 e. The predicted octanol–water partition coefficient (Wildman–Crippen LogP) is 4.47. The van der Waals surface area contributed by atoms with Crippen molar-refractivity contribution in [1.82, 2.24) is 4.90 Å². The minimum Gasteiger partial charge on any atom is -0.493 e. The SMILES string of the molecule is CCOc1c(Cl)cc(C(=O)N(CC)Cc2cccs2)cc1OC. The van der Waals surface area contributed by atoms with Crippen molar-refractivity contribution in [3.05, 3.63) is 45.1 Å². The maximum atomic E-state index is 12.8. The van der Waals surface area contributed by atoms with Crippen molar-refractivity contribution < 1.29 is 14.3 Å². The van der Waals surface area contributed by atoms with Gasteiger partial charge in [0.1, 0.15) is 0 Å². The number of ether oxygens (including phenoxy) is 2. The molecule has 1 aromatic heterocycles. The summed E-state index contributed by atoms with van der Waals surface area (Å²) in [6.07, 6.45) is 0. The molecular formula is C17H20ClNO3S. The van der Waals surface area contributed by atoms with Gasteiger partial charge in [-0.05, 0) is 37.4 Å². The van der Waals surface area contributed by atoms with Crippen LogP contribution in [0.3, 0.4) is 0 Å². The summed E-state index contributed by atoms with van der Waals surface area (Å²) in [5.41, 5.74) is 0.494. The Morgan fingerprint density at radius 3 is 2.70 bits per heavy atom. The summed E-state index contributed by atoms with van der Waals surface area (Å²) < 4.78 is 10.8. The van der Waals surface area contributed by atoms with Gasteiger partial charge >= 0.3 is 0 Å². The summed E-state index contributed by atoms with van der Waals surface area (Å²) in [6, 6.07) is 7.31. The van der Waals surface area contributed by atoms with Gasteiger partial charge in [-0.3, -0.25) is 4.79 Å². The van der Waals surface area contributed by atoms with Gasteiger partial charge in [0.05, 0.1) is 25.3 Å². The van der Waals surface area contributed by atoms with Gasteiger partial charge in [-0.1, -0.05) is 17.7 Å². The van der Waals surface area contributed by atoms with Crippen LogP contribution in [0, 0.1) is 0 Å². The maximum absolute atomic E-state index is 12.8. The van der Waals surface area contributed by atoms with Crippen molar-refractivity contribution in [3.63, 3.8) is 0 Å². The molecule has 2 rings (SSSR count). The fourth-order valence-corrected chi connectivity index (χ4v) is 3.21. The van der Waals surface area contributed by atoms with Crippen LogP contribution in [0.25, 0.3) is 0 Å². The molecule has 0 aliphatic carbocycles. The molecule has 6 heteroatoms. The van der Waals surface area contributed by atoms with E-state index in [1.165, 1.54) is 7.11 Å². The number of carbonyl (C=O) groups is 1. The van der Waals surface area contributed by atoms with Crippen molar-refractivity contribution in [2.24, 2.45) is 0 Å². The Bertz CT molecular complexity index is 658. The van der Waals surface area contributed by atoms with Crippen LogP contribution in [0.2, 0.25) is 5.02 Å². The van der Waals surface area contributed by atoms with E-state index >= 15 is 0 Å². The zero-order valence-electron chi connectivity index (χ0n) is 13.5. The Hall–Kier alpha value is -1.72. The molecule has 0 spiro atoms. The van der Waals surface area contributed by atoms with Crippen LogP contribution in [0.5, 0.6) is 11.5 Å². The zero-order valence-corrected chi connectivity index (χ0v) is 15.0. The summed E-state index contributed by atoms with van der Waals surface area (Å²) in [6.45, 7) is 5.50. The van der Waals surface area contributed by atoms with Gasteiger partial charge in [0.15, 0.2) is 11.5 Å². The number of methoxy groups -OCH3 is 1. The summed E-state index contributed by atoms with van der Waals surface area (Å²) in [7, 11) is 1.53. The molecule has 4 nitrogen and oxygen atoms in total. The first-order valence-corrected chi connectivity index (χ1v) is 8.68. The summed E-state index contributed by atoms with van der Waals surface area (Å²) in [5, 5.41) is 2.38. The van der Waals surface area contributed by atoms with E-state index in [9.17, 15) is 4.79 Å². The van der Waals surface area contributed by atoms with E-state index in [4.69, 9.17) is 21.1 Å². The highest BCUT2D eigenvalue weighted by Crippen LogP contribution is 2.36. The quantitative estimate of drug-likeness (QED) is 0.737. The largest absolute Gasteiger partial charge is 0.493 e. The van der Waals surface area contributed by atoms with Gasteiger partial charge in [0.2, 0.25) is 0 Å². The molecule has 1 amide bonds. The van der Waals surface area contributed by atoms with Crippen molar-refractivity contribution in [2.45, 2.75) is 20.4 Å². The lowest BCUT2D eigenvalue weighted by Crippen LogP contribution is -2.30. The third-order valence-electron chi connectivity index (χ3n) is 3.36. The van der Waals surface area contributed by atoms with Crippen molar-refractivity contribution in [3.8, 4) is 11.5 Å². The maximum Gasteiger partial charge on any atom is 0.254 e. The Morgan fingerprint density at radius 1 is 1.35 bits per heavy atom. The Labute approximate surface area is 145 Å². The highest BCUT2D eigenvalue weighted by Gasteiger charge is 2.20. The molecule has 0 aliphatic heterocycles. The fraction of sp³-hybridized carbons (Fsp3) is 0.353. The van der Waals surface area contributed by atoms with E-state index in [2.05, 4.69) is 0 Å². The van der Waals surface area contributed by atoms with E-state index in [-0.39, 0.29) is 5.91 Å². The highest BCUT2D eigenvalue weighted by molar-refractivity contribution is 7.09. The van der Waals surface area contributed by atoms with Crippen molar-refractivity contribution in [2.75, 3.05) is 20.3 Å². The Balaban J connectivity index is 2.28. The van der Waals surface area contributed by atoms with Gasteiger partial charge in [0, 0.05) is 17.0 Å². The molecule has 1 heterocycles. The number of rotatable bonds is 7. The second kappa shape index (κ2) is 8.22. The normalized spacial score (nSPS) is 10.4. The summed E-state index contributed by atoms with van der Waals surface area (Å²) in [5.74, 6) is 0.855. The van der Waals surface area contributed by atoms with Gasteiger partial charge in [-0.15, -0.1) is 11.3 Å². The molecule has 0 bridgehead atoms. The predicted molar refractivity (Wildman–Crippen MR) is 93.9 cm³/mol. The molecule has 1 aromatic carbocycles. The minimum absolute atomic E-state index is 0.0795. The number of halogens is 1. The Morgan fingerprint density at radius 2 is 2.13 bits per heavy atom. The van der Waals surface area contributed by atoms with E-state index in [1.54, 1.807) is 28.4 Å². The van der Waals surface area contributed by atoms with Crippen LogP contribution in [0.1, 0.15) is 29.1 Å². The molecule has 0 radical (unpaired) electrons. The molecule has 0 unspecified atom stereocenters. The molecule has 2 aromatic rings. The van der Waals surface area contributed by atoms with Crippen LogP contribution >= 0.6 is 22.9 Å². The van der Waals surface area contributed by atoms with Crippen LogP contribution in [-0.4, -0.2) is 31.1 Å². The standard InChI is InChI=1S/C17H20ClNO3S/c1-4-19(11-13-7-6-8-23-13)17(20)12-9-14(18)16(22-5-2)15(10-12)21-3/h6-10H,4-5,11H2,1-3H3. The molecule has 0 saturated carbocycles. The van der Waals surface area contributed by atoms with Crippen LogP contribution in [0.4, 0.5) is 0 Å². The second-order valence-electron chi connectivity index (χ2n) is 4.82. The van der Waals surface area contributed by atoms with Gasteiger partial charge < -0.3 is 14.4 Å². The van der Waals surface area contributed by atoms with Crippen LogP contribution < -0.4 is 9.47 Å². The zero-order chi connectivity index (χ0) is 16.8. The van der Waals surface area contributed by atoms with Gasteiger partial charge in [-0.2, -0.15) is 0 Å². The topological polar surface area (TPSA) is 38.8 Å². The summed E-state index contributed by atoms with van der Waals surface area (Å²) >= 11 is 7.89. The molecule has 0 atom stereocenters.